The fraction of sp³-hybridized carbons (Fsp3) is 0.517. The molecule has 0 aromatic rings. The fourth-order valence-electron chi connectivity index (χ4n) is 8.96. The molecule has 5 atom stereocenters. The molecule has 0 heterocycles. The number of hydrogen-bond donors (Lipinski definition) is 3. The molecule has 17 nitrogen and oxygen atoms in total. The van der Waals surface area contributed by atoms with Gasteiger partial charge in [0.15, 0.2) is 12.2 Å². The summed E-state index contributed by atoms with van der Waals surface area (Å²) >= 11 is 0. The summed E-state index contributed by atoms with van der Waals surface area (Å²) in [5, 5.41) is 10.6. The SMILES string of the molecule is CC/C=C\C/C=C\C/C=C\C/C=C\C/C=C\C/C=C\CCC(=O)OCC(COP(=O)(O)OCC(O)COP(=O)(O)OCC(COC(=O)CCC/C=C\C/C=C\C/C=C\C/C=C\C/C=C\CC)OC(=O)CCCCCCC/C=C\C/C=C\C/C=C\CC)OC(=O)C/C=C\C/C=C\C/C=C\C/C=C\C/C=C\CC. The topological polar surface area (TPSA) is 237 Å². The Bertz CT molecular complexity index is 2930. The zero-order valence-corrected chi connectivity index (χ0v) is 66.3. The standard InChI is InChI=1S/C87H132O17P2/c1-5-9-13-17-21-25-29-33-37-39-40-42-46-48-52-56-60-64-68-72-85(90)98-78-83(104-87(92)74-70-66-62-58-54-50-44-36-32-28-24-20-16-12-8-4)80-102-106(95,96)100-76-81(88)75-99-105(93,94)101-79-82(103-86(91)73-69-65-61-57-53-49-43-35-31-27-23-19-15-11-7-3)77-97-84(89)71-67-63-59-55-51-47-45-41-38-34-30-26-22-18-14-10-6-2/h9-16,21-28,33-38,40,42-45,47-48,52,54-55,58-60,64,66,70,81-83,88H,5-8,17-20,29-32,39,41,46,49-51,53,56-57,61-63,65,67-69,71-80H2,1-4H3,(H,93,94)(H,95,96)/b13-9-,14-10-,15-11-,16-12-,25-21-,26-22-,27-23-,28-24-,37-33-,38-34-,42-40-,43-35-,44-36-,47-45-,52-48-,58-54-,59-55-,64-60-,70-66-. The maximum Gasteiger partial charge on any atom is 0.472 e. The van der Waals surface area contributed by atoms with E-state index >= 15 is 0 Å². The Morgan fingerprint density at radius 1 is 0.274 bits per heavy atom. The van der Waals surface area contributed by atoms with Crippen molar-refractivity contribution < 1.29 is 80.2 Å². The summed E-state index contributed by atoms with van der Waals surface area (Å²) in [5.41, 5.74) is 0. The maximum atomic E-state index is 13.1. The largest absolute Gasteiger partial charge is 0.472 e. The number of hydrogen-bond acceptors (Lipinski definition) is 15. The first-order chi connectivity index (χ1) is 51.7. The molecular weight excluding hydrogens is 1380 g/mol. The molecule has 0 rings (SSSR count). The van der Waals surface area contributed by atoms with Crippen molar-refractivity contribution in [3.8, 4) is 0 Å². The molecule has 3 N–H and O–H groups in total. The molecule has 0 aromatic carbocycles. The van der Waals surface area contributed by atoms with Gasteiger partial charge in [0.05, 0.1) is 32.8 Å². The lowest BCUT2D eigenvalue weighted by atomic mass is 10.1. The van der Waals surface area contributed by atoms with Crippen molar-refractivity contribution in [1.82, 2.24) is 0 Å². The van der Waals surface area contributed by atoms with E-state index in [0.717, 1.165) is 141 Å². The van der Waals surface area contributed by atoms with Crippen LogP contribution in [0.15, 0.2) is 231 Å². The molecule has 0 spiro atoms. The summed E-state index contributed by atoms with van der Waals surface area (Å²) in [4.78, 5) is 72.9. The molecule has 5 unspecified atom stereocenters. The summed E-state index contributed by atoms with van der Waals surface area (Å²) in [6.07, 6.45) is 98.1. The molecule has 0 radical (unpaired) electrons. The van der Waals surface area contributed by atoms with E-state index in [4.69, 9.17) is 37.0 Å². The Kier molecular flexibility index (Phi) is 71.4. The van der Waals surface area contributed by atoms with Gasteiger partial charge in [0.2, 0.25) is 0 Å². The molecule has 0 saturated heterocycles. The summed E-state index contributed by atoms with van der Waals surface area (Å²) in [5.74, 6) is -2.55. The van der Waals surface area contributed by atoms with Gasteiger partial charge in [-0.25, -0.2) is 9.13 Å². The Labute approximate surface area is 638 Å². The molecule has 0 bridgehead atoms. The highest BCUT2D eigenvalue weighted by Gasteiger charge is 2.30. The molecule has 0 saturated carbocycles. The minimum absolute atomic E-state index is 0.00473. The van der Waals surface area contributed by atoms with Crippen molar-refractivity contribution in [2.45, 2.75) is 251 Å². The summed E-state index contributed by atoms with van der Waals surface area (Å²) in [7, 11) is -10.1. The number of phosphoric ester groups is 2. The number of allylic oxidation sites excluding steroid dienone is 37. The third-order valence-corrected chi connectivity index (χ3v) is 16.6. The van der Waals surface area contributed by atoms with Crippen molar-refractivity contribution in [2.24, 2.45) is 0 Å². The van der Waals surface area contributed by atoms with Crippen LogP contribution in [0.3, 0.4) is 0 Å². The number of phosphoric acid groups is 2. The van der Waals surface area contributed by atoms with Crippen LogP contribution >= 0.6 is 15.6 Å². The van der Waals surface area contributed by atoms with Gasteiger partial charge in [0.25, 0.3) is 0 Å². The van der Waals surface area contributed by atoms with E-state index in [-0.39, 0.29) is 25.7 Å². The van der Waals surface area contributed by atoms with E-state index in [1.807, 2.05) is 42.5 Å². The fourth-order valence-corrected chi connectivity index (χ4v) is 10.5. The van der Waals surface area contributed by atoms with Crippen molar-refractivity contribution in [2.75, 3.05) is 39.6 Å². The average molecular weight is 1510 g/mol. The van der Waals surface area contributed by atoms with Gasteiger partial charge in [0.1, 0.15) is 19.3 Å². The first-order valence-corrected chi connectivity index (χ1v) is 41.6. The van der Waals surface area contributed by atoms with Gasteiger partial charge >= 0.3 is 39.5 Å². The lowest BCUT2D eigenvalue weighted by Crippen LogP contribution is -2.30. The van der Waals surface area contributed by atoms with Gasteiger partial charge in [-0.15, -0.1) is 0 Å². The predicted octanol–water partition coefficient (Wildman–Crippen LogP) is 22.7. The van der Waals surface area contributed by atoms with Gasteiger partial charge < -0.3 is 33.8 Å². The number of unbranched alkanes of at least 4 members (excludes halogenated alkanes) is 6. The second-order valence-electron chi connectivity index (χ2n) is 24.4. The van der Waals surface area contributed by atoms with Crippen LogP contribution in [0.4, 0.5) is 0 Å². The molecule has 0 aromatic heterocycles. The molecule has 0 aliphatic rings. The zero-order valence-electron chi connectivity index (χ0n) is 64.5. The van der Waals surface area contributed by atoms with Gasteiger partial charge in [-0.3, -0.25) is 37.3 Å². The van der Waals surface area contributed by atoms with Crippen molar-refractivity contribution >= 4 is 39.5 Å². The molecule has 592 valence electrons. The first kappa shape index (κ1) is 99.1. The number of rotatable bonds is 69. The van der Waals surface area contributed by atoms with Crippen LogP contribution < -0.4 is 0 Å². The van der Waals surface area contributed by atoms with Gasteiger partial charge in [-0.2, -0.15) is 0 Å². The molecular formula is C87H132O17P2. The number of ether oxygens (including phenoxy) is 4. The zero-order chi connectivity index (χ0) is 77.4. The Hall–Kier alpha value is -6.88. The van der Waals surface area contributed by atoms with Gasteiger partial charge in [-0.1, -0.05) is 278 Å². The van der Waals surface area contributed by atoms with Crippen LogP contribution in [0.2, 0.25) is 0 Å². The Morgan fingerprint density at radius 3 is 0.877 bits per heavy atom. The van der Waals surface area contributed by atoms with Crippen LogP contribution in [-0.2, 0) is 65.4 Å². The van der Waals surface area contributed by atoms with Crippen molar-refractivity contribution in [3.63, 3.8) is 0 Å². The van der Waals surface area contributed by atoms with Crippen LogP contribution in [-0.4, -0.2) is 96.7 Å². The van der Waals surface area contributed by atoms with E-state index < -0.39 is 97.5 Å². The van der Waals surface area contributed by atoms with Gasteiger partial charge in [-0.05, 0) is 161 Å². The normalized spacial score (nSPS) is 15.1. The molecule has 0 aliphatic carbocycles. The third kappa shape index (κ3) is 75.4. The van der Waals surface area contributed by atoms with Crippen LogP contribution in [0.5, 0.6) is 0 Å². The van der Waals surface area contributed by atoms with Crippen LogP contribution in [0.1, 0.15) is 233 Å². The maximum absolute atomic E-state index is 13.1. The van der Waals surface area contributed by atoms with E-state index in [1.165, 1.54) is 0 Å². The average Bonchev–Trinajstić information content (AvgIpc) is 0.909. The molecule has 106 heavy (non-hydrogen) atoms. The highest BCUT2D eigenvalue weighted by Crippen LogP contribution is 2.45. The Morgan fingerprint density at radius 2 is 0.528 bits per heavy atom. The summed E-state index contributed by atoms with van der Waals surface area (Å²) < 4.78 is 68.2. The monoisotopic (exact) mass is 1510 g/mol. The first-order valence-electron chi connectivity index (χ1n) is 38.6. The summed E-state index contributed by atoms with van der Waals surface area (Å²) in [6.45, 7) is 4.07. The van der Waals surface area contributed by atoms with Crippen molar-refractivity contribution in [1.29, 1.82) is 0 Å². The third-order valence-electron chi connectivity index (χ3n) is 14.7. The van der Waals surface area contributed by atoms with E-state index in [9.17, 15) is 43.2 Å². The number of carbonyl (C=O) groups excluding carboxylic acids is 4. The smallest absolute Gasteiger partial charge is 0.462 e. The highest BCUT2D eigenvalue weighted by molar-refractivity contribution is 7.47. The lowest BCUT2D eigenvalue weighted by Gasteiger charge is -2.21. The molecule has 0 amide bonds. The van der Waals surface area contributed by atoms with E-state index in [2.05, 4.69) is 204 Å². The molecule has 19 heteroatoms. The predicted molar refractivity (Wildman–Crippen MR) is 435 cm³/mol. The number of aliphatic hydroxyl groups is 1. The molecule has 0 aliphatic heterocycles. The van der Waals surface area contributed by atoms with Crippen LogP contribution in [0.25, 0.3) is 0 Å². The quantitative estimate of drug-likeness (QED) is 0.0169. The number of esters is 4. The van der Waals surface area contributed by atoms with E-state index in [1.54, 1.807) is 12.2 Å². The Balaban J connectivity index is 5.59. The lowest BCUT2D eigenvalue weighted by molar-refractivity contribution is -0.161. The second-order valence-corrected chi connectivity index (χ2v) is 27.3. The summed E-state index contributed by atoms with van der Waals surface area (Å²) in [6, 6.07) is 0. The second kappa shape index (κ2) is 76.3. The minimum atomic E-state index is -5.04. The van der Waals surface area contributed by atoms with Crippen molar-refractivity contribution in [3.05, 3.63) is 231 Å². The number of carbonyl (C=O) groups is 4. The highest BCUT2D eigenvalue weighted by atomic mass is 31.2. The van der Waals surface area contributed by atoms with Gasteiger partial charge in [0, 0.05) is 19.3 Å². The van der Waals surface area contributed by atoms with Crippen LogP contribution in [0, 0.1) is 0 Å². The molecule has 0 fully saturated rings. The minimum Gasteiger partial charge on any atom is -0.462 e. The van der Waals surface area contributed by atoms with E-state index in [0.29, 0.717) is 38.5 Å². The number of aliphatic hydroxyl groups excluding tert-OH is 1.